The number of hydrogen-bond acceptors (Lipinski definition) is 6. The Morgan fingerprint density at radius 2 is 2.17 bits per heavy atom. The molecule has 0 amide bonds. The van der Waals surface area contributed by atoms with Crippen LogP contribution in [0, 0.1) is 0 Å². The molecule has 1 unspecified atom stereocenters. The lowest BCUT2D eigenvalue weighted by molar-refractivity contribution is 0.0746. The van der Waals surface area contributed by atoms with Crippen LogP contribution >= 0.6 is 0 Å². The van der Waals surface area contributed by atoms with Gasteiger partial charge in [0.2, 0.25) is 0 Å². The molecule has 1 aliphatic heterocycles. The van der Waals surface area contributed by atoms with E-state index in [2.05, 4.69) is 29.6 Å². The minimum absolute atomic E-state index is 0.0499. The van der Waals surface area contributed by atoms with Gasteiger partial charge >= 0.3 is 0 Å². The number of hydrogen-bond donors (Lipinski definition) is 1. The number of aromatic nitrogens is 2. The molecule has 0 radical (unpaired) electrons. The van der Waals surface area contributed by atoms with Gasteiger partial charge < -0.3 is 14.5 Å². The van der Waals surface area contributed by atoms with E-state index < -0.39 is 8.07 Å². The topological polar surface area (TPSA) is 82.6 Å². The fourth-order valence-electron chi connectivity index (χ4n) is 2.86. The van der Waals surface area contributed by atoms with Crippen LogP contribution in [0.25, 0.3) is 0 Å². The number of fused-ring (bicyclic) bond motifs is 1. The highest BCUT2D eigenvalue weighted by molar-refractivity contribution is 6.76. The van der Waals surface area contributed by atoms with Crippen LogP contribution in [0.15, 0.2) is 11.0 Å². The number of nitrogens with zero attached hydrogens (tertiary/aromatic N) is 3. The van der Waals surface area contributed by atoms with Gasteiger partial charge in [0.25, 0.3) is 5.56 Å². The zero-order chi connectivity index (χ0) is 17.7. The van der Waals surface area contributed by atoms with Gasteiger partial charge in [-0.1, -0.05) is 19.6 Å². The van der Waals surface area contributed by atoms with E-state index in [0.29, 0.717) is 13.2 Å². The van der Waals surface area contributed by atoms with E-state index >= 15 is 0 Å². The van der Waals surface area contributed by atoms with E-state index in [-0.39, 0.29) is 18.3 Å². The summed E-state index contributed by atoms with van der Waals surface area (Å²) >= 11 is 0. The van der Waals surface area contributed by atoms with Crippen molar-refractivity contribution in [2.75, 3.05) is 24.7 Å². The van der Waals surface area contributed by atoms with Gasteiger partial charge in [0.1, 0.15) is 6.73 Å². The highest BCUT2D eigenvalue weighted by Gasteiger charge is 2.25. The maximum absolute atomic E-state index is 12.7. The first-order valence-electron chi connectivity index (χ1n) is 8.58. The van der Waals surface area contributed by atoms with Crippen LogP contribution in [0.1, 0.15) is 18.9 Å². The molecule has 0 saturated heterocycles. The van der Waals surface area contributed by atoms with Crippen LogP contribution < -0.4 is 16.4 Å². The fraction of sp³-hybridized carbons (Fsp3) is 0.750. The zero-order valence-corrected chi connectivity index (χ0v) is 16.2. The van der Waals surface area contributed by atoms with Gasteiger partial charge in [-0.15, -0.1) is 0 Å². The second kappa shape index (κ2) is 8.24. The molecule has 8 heteroatoms. The normalized spacial score (nSPS) is 16.1. The Morgan fingerprint density at radius 1 is 1.42 bits per heavy atom. The first-order chi connectivity index (χ1) is 11.3. The molecule has 1 aromatic rings. The van der Waals surface area contributed by atoms with Crippen molar-refractivity contribution in [2.24, 2.45) is 5.90 Å². The Hall–Kier alpha value is -1.22. The Morgan fingerprint density at radius 3 is 2.83 bits per heavy atom. The molecule has 0 bridgehead atoms. The summed E-state index contributed by atoms with van der Waals surface area (Å²) in [7, 11) is -1.12. The van der Waals surface area contributed by atoms with E-state index in [1.807, 2.05) is 6.92 Å². The Balaban J connectivity index is 2.08. The van der Waals surface area contributed by atoms with Gasteiger partial charge in [-0.05, 0) is 25.8 Å². The van der Waals surface area contributed by atoms with Crippen molar-refractivity contribution in [1.29, 1.82) is 0 Å². The monoisotopic (exact) mass is 354 g/mol. The molecule has 0 saturated carbocycles. The lowest BCUT2D eigenvalue weighted by Crippen LogP contribution is -2.43. The number of ether oxygens (including phenoxy) is 1. The molecular formula is C16H30N4O3Si. The minimum Gasteiger partial charge on any atom is -0.365 e. The van der Waals surface area contributed by atoms with E-state index in [1.165, 1.54) is 4.68 Å². The number of rotatable bonds is 8. The van der Waals surface area contributed by atoms with Crippen molar-refractivity contribution in [3.05, 3.63) is 22.1 Å². The highest BCUT2D eigenvalue weighted by atomic mass is 28.3. The molecule has 1 aromatic heterocycles. The van der Waals surface area contributed by atoms with Crippen molar-refractivity contribution in [3.8, 4) is 0 Å². The third-order valence-electron chi connectivity index (χ3n) is 4.34. The second-order valence-electron chi connectivity index (χ2n) is 7.64. The zero-order valence-electron chi connectivity index (χ0n) is 15.2. The predicted octanol–water partition coefficient (Wildman–Crippen LogP) is 1.59. The van der Waals surface area contributed by atoms with Gasteiger partial charge in [-0.2, -0.15) is 5.10 Å². The molecule has 7 nitrogen and oxygen atoms in total. The van der Waals surface area contributed by atoms with Gasteiger partial charge in [0.15, 0.2) is 0 Å². The summed E-state index contributed by atoms with van der Waals surface area (Å²) in [5.41, 5.74) is 1.66. The summed E-state index contributed by atoms with van der Waals surface area (Å²) in [4.78, 5) is 19.6. The summed E-state index contributed by atoms with van der Waals surface area (Å²) in [6.45, 7) is 11.2. The van der Waals surface area contributed by atoms with Crippen LogP contribution in [0.5, 0.6) is 0 Å². The lowest BCUT2D eigenvalue weighted by Gasteiger charge is -2.35. The van der Waals surface area contributed by atoms with Crippen molar-refractivity contribution < 1.29 is 9.57 Å². The molecule has 0 aliphatic carbocycles. The predicted molar refractivity (Wildman–Crippen MR) is 97.9 cm³/mol. The molecule has 1 atom stereocenters. The maximum atomic E-state index is 12.7. The highest BCUT2D eigenvalue weighted by Crippen LogP contribution is 2.25. The molecule has 0 fully saturated rings. The molecule has 2 rings (SSSR count). The van der Waals surface area contributed by atoms with Crippen LogP contribution in [-0.2, 0) is 22.7 Å². The van der Waals surface area contributed by atoms with Gasteiger partial charge in [-0.3, -0.25) is 4.79 Å². The van der Waals surface area contributed by atoms with Crippen LogP contribution in [0.2, 0.25) is 25.7 Å². The van der Waals surface area contributed by atoms with E-state index in [1.54, 1.807) is 6.20 Å². The Bertz CT molecular complexity index is 600. The van der Waals surface area contributed by atoms with Crippen molar-refractivity contribution in [3.63, 3.8) is 0 Å². The summed E-state index contributed by atoms with van der Waals surface area (Å²) < 4.78 is 7.09. The lowest BCUT2D eigenvalue weighted by atomic mass is 10.0. The molecule has 1 aliphatic rings. The molecule has 2 heterocycles. The van der Waals surface area contributed by atoms with Crippen LogP contribution in [0.4, 0.5) is 5.69 Å². The Labute approximate surface area is 144 Å². The molecule has 24 heavy (non-hydrogen) atoms. The van der Waals surface area contributed by atoms with E-state index in [4.69, 9.17) is 15.5 Å². The van der Waals surface area contributed by atoms with Gasteiger partial charge in [0.05, 0.1) is 24.5 Å². The fourth-order valence-corrected chi connectivity index (χ4v) is 3.61. The number of nitrogens with two attached hydrogens (primary N) is 1. The smallest absolute Gasteiger partial charge is 0.274 e. The summed E-state index contributed by atoms with van der Waals surface area (Å²) in [6.07, 6.45) is 3.49. The minimum atomic E-state index is -1.12. The molecule has 136 valence electrons. The van der Waals surface area contributed by atoms with Crippen molar-refractivity contribution in [1.82, 2.24) is 9.78 Å². The van der Waals surface area contributed by atoms with Crippen molar-refractivity contribution >= 4 is 13.8 Å². The van der Waals surface area contributed by atoms with Crippen LogP contribution in [0.3, 0.4) is 0 Å². The summed E-state index contributed by atoms with van der Waals surface area (Å²) in [6, 6.07) is 1.19. The third kappa shape index (κ3) is 4.89. The standard InChI is InChI=1S/C16H30N4O3Si/c1-13(11-23-17)19-7-5-6-14-15(19)10-18-20(16(14)21)12-22-8-9-24(2,3)4/h10,13H,5-9,11-12,17H2,1-4H3. The maximum Gasteiger partial charge on any atom is 0.274 e. The first kappa shape index (κ1) is 19.1. The SMILES string of the molecule is CC(CON)N1CCCc2c1cnn(COCC[Si](C)(C)C)c2=O. The second-order valence-corrected chi connectivity index (χ2v) is 13.3. The summed E-state index contributed by atoms with van der Waals surface area (Å²) in [5.74, 6) is 5.19. The van der Waals surface area contributed by atoms with Crippen molar-refractivity contribution in [2.45, 2.75) is 58.2 Å². The average Bonchev–Trinajstić information content (AvgIpc) is 2.52. The van der Waals surface area contributed by atoms with Crippen LogP contribution in [-0.4, -0.2) is 43.7 Å². The van der Waals surface area contributed by atoms with E-state index in [9.17, 15) is 4.79 Å². The quantitative estimate of drug-likeness (QED) is 0.434. The molecule has 0 aromatic carbocycles. The van der Waals surface area contributed by atoms with Gasteiger partial charge in [0, 0.05) is 26.8 Å². The molecule has 2 N–H and O–H groups in total. The molecular weight excluding hydrogens is 324 g/mol. The van der Waals surface area contributed by atoms with E-state index in [0.717, 1.165) is 36.7 Å². The number of anilines is 1. The molecule has 0 spiro atoms. The third-order valence-corrected chi connectivity index (χ3v) is 6.04. The first-order valence-corrected chi connectivity index (χ1v) is 12.3. The Kier molecular flexibility index (Phi) is 6.56. The average molecular weight is 355 g/mol. The summed E-state index contributed by atoms with van der Waals surface area (Å²) in [5, 5.41) is 4.30. The largest absolute Gasteiger partial charge is 0.365 e. The van der Waals surface area contributed by atoms with Gasteiger partial charge in [-0.25, -0.2) is 10.6 Å².